The number of thiophene rings is 1. The number of aromatic nitrogens is 1. The molecule has 2 aliphatic heterocycles. The van der Waals surface area contributed by atoms with Crippen molar-refractivity contribution in [1.82, 2.24) is 9.88 Å². The van der Waals surface area contributed by atoms with Crippen LogP contribution in [0.25, 0.3) is 0 Å². The van der Waals surface area contributed by atoms with Crippen LogP contribution in [-0.2, 0) is 20.9 Å². The van der Waals surface area contributed by atoms with Gasteiger partial charge in [-0.2, -0.15) is 26.3 Å². The Balaban J connectivity index is 0.000000257. The quantitative estimate of drug-likeness (QED) is 0.585. The molecular weight excluding hydrogens is 508 g/mol. The third kappa shape index (κ3) is 7.92. The summed E-state index contributed by atoms with van der Waals surface area (Å²) in [5, 5.41) is 16.4. The first-order chi connectivity index (χ1) is 16.2. The first-order valence-corrected chi connectivity index (χ1v) is 10.7. The van der Waals surface area contributed by atoms with Gasteiger partial charge in [0, 0.05) is 36.6 Å². The molecule has 0 bridgehead atoms. The maximum Gasteiger partial charge on any atom is 0.490 e. The van der Waals surface area contributed by atoms with Gasteiger partial charge in [-0.1, -0.05) is 6.07 Å². The lowest BCUT2D eigenvalue weighted by molar-refractivity contribution is -0.193. The van der Waals surface area contributed by atoms with Crippen molar-refractivity contribution >= 4 is 34.9 Å². The van der Waals surface area contributed by atoms with Gasteiger partial charge >= 0.3 is 24.3 Å². The molecule has 0 saturated carbocycles. The van der Waals surface area contributed by atoms with Crippen molar-refractivity contribution in [3.05, 3.63) is 46.9 Å². The molecule has 0 radical (unpaired) electrons. The number of nitrogens with zero attached hydrogens (tertiary/aromatic N) is 3. The van der Waals surface area contributed by atoms with E-state index >= 15 is 0 Å². The summed E-state index contributed by atoms with van der Waals surface area (Å²) in [6.07, 6.45) is -4.94. The fourth-order valence-corrected chi connectivity index (χ4v) is 4.29. The second kappa shape index (κ2) is 11.5. The van der Waals surface area contributed by atoms with Crippen LogP contribution in [0.1, 0.15) is 17.7 Å². The van der Waals surface area contributed by atoms with Gasteiger partial charge in [-0.05, 0) is 30.0 Å². The number of hydrogen-bond donors (Lipinski definition) is 2. The number of fused-ring (bicyclic) bond motifs is 1. The maximum absolute atomic E-state index is 12.4. The molecule has 2 aromatic heterocycles. The molecule has 0 aromatic carbocycles. The van der Waals surface area contributed by atoms with E-state index in [-0.39, 0.29) is 5.91 Å². The van der Waals surface area contributed by atoms with Gasteiger partial charge in [0.25, 0.3) is 0 Å². The molecule has 2 aromatic rings. The summed E-state index contributed by atoms with van der Waals surface area (Å²) >= 11 is 1.79. The summed E-state index contributed by atoms with van der Waals surface area (Å²) in [6, 6.07) is 8.80. The van der Waals surface area contributed by atoms with Crippen LogP contribution >= 0.6 is 11.3 Å². The molecule has 2 saturated heterocycles. The second-order valence-electron chi connectivity index (χ2n) is 7.26. The Bertz CT molecular complexity index is 977. The number of hydrogen-bond acceptors (Lipinski definition) is 6. The predicted molar refractivity (Wildman–Crippen MR) is 111 cm³/mol. The number of likely N-dealkylation sites (tertiary alicyclic amines) is 1. The molecule has 2 fully saturated rings. The van der Waals surface area contributed by atoms with E-state index in [0.29, 0.717) is 18.5 Å². The molecule has 2 aliphatic rings. The zero-order valence-electron chi connectivity index (χ0n) is 17.7. The van der Waals surface area contributed by atoms with Crippen LogP contribution < -0.4 is 4.90 Å². The Kier molecular flexibility index (Phi) is 9.20. The van der Waals surface area contributed by atoms with Crippen LogP contribution in [0.5, 0.6) is 0 Å². The number of pyridine rings is 1. The molecule has 8 nitrogen and oxygen atoms in total. The predicted octanol–water partition coefficient (Wildman–Crippen LogP) is 3.79. The minimum absolute atomic E-state index is 0.230. The van der Waals surface area contributed by atoms with Crippen LogP contribution in [-0.4, -0.2) is 68.9 Å². The monoisotopic (exact) mass is 527 g/mol. The summed E-state index contributed by atoms with van der Waals surface area (Å²) in [5.74, 6) is -5.28. The summed E-state index contributed by atoms with van der Waals surface area (Å²) in [7, 11) is 0. The molecule has 1 amide bonds. The van der Waals surface area contributed by atoms with E-state index in [4.69, 9.17) is 19.8 Å². The zero-order valence-corrected chi connectivity index (χ0v) is 18.5. The van der Waals surface area contributed by atoms with Crippen LogP contribution in [0.2, 0.25) is 0 Å². The van der Waals surface area contributed by atoms with Gasteiger partial charge in [-0.25, -0.2) is 9.59 Å². The fraction of sp³-hybridized carbons (Fsp3) is 0.400. The molecule has 4 rings (SSSR count). The smallest absolute Gasteiger partial charge is 0.475 e. The van der Waals surface area contributed by atoms with Crippen molar-refractivity contribution < 1.29 is 50.9 Å². The fourth-order valence-electron chi connectivity index (χ4n) is 3.56. The number of amides is 1. The number of alkyl halides is 6. The molecule has 2 atom stereocenters. The molecule has 0 aliphatic carbocycles. The van der Waals surface area contributed by atoms with Crippen LogP contribution in [0, 0.1) is 0 Å². The van der Waals surface area contributed by atoms with Gasteiger partial charge in [0.1, 0.15) is 0 Å². The normalized spacial score (nSPS) is 19.8. The zero-order chi connectivity index (χ0) is 26.4. The minimum atomic E-state index is -5.08. The molecule has 2 unspecified atom stereocenters. The molecule has 15 heteroatoms. The lowest BCUT2D eigenvalue weighted by atomic mass is 10.1. The van der Waals surface area contributed by atoms with Gasteiger partial charge in [-0.3, -0.25) is 14.7 Å². The third-order valence-corrected chi connectivity index (χ3v) is 5.82. The van der Waals surface area contributed by atoms with Crippen LogP contribution in [0.3, 0.4) is 0 Å². The van der Waals surface area contributed by atoms with Gasteiger partial charge in [0.15, 0.2) is 0 Å². The summed E-state index contributed by atoms with van der Waals surface area (Å²) in [4.78, 5) is 40.2. The van der Waals surface area contributed by atoms with E-state index in [0.717, 1.165) is 25.2 Å². The molecule has 0 spiro atoms. The number of carboxylic acid groups (broad SMARTS) is 2. The highest BCUT2D eigenvalue weighted by Gasteiger charge is 2.47. The number of carboxylic acids is 2. The first kappa shape index (κ1) is 28.0. The van der Waals surface area contributed by atoms with E-state index in [2.05, 4.69) is 27.4 Å². The van der Waals surface area contributed by atoms with E-state index in [1.54, 1.807) is 23.7 Å². The van der Waals surface area contributed by atoms with Crippen molar-refractivity contribution in [2.75, 3.05) is 11.4 Å². The number of halogens is 6. The van der Waals surface area contributed by atoms with Crippen molar-refractivity contribution in [2.45, 2.75) is 43.8 Å². The highest BCUT2D eigenvalue weighted by Crippen LogP contribution is 2.36. The van der Waals surface area contributed by atoms with E-state index in [9.17, 15) is 31.1 Å². The lowest BCUT2D eigenvalue weighted by Gasteiger charge is -2.25. The van der Waals surface area contributed by atoms with Gasteiger partial charge in [0.2, 0.25) is 5.91 Å². The second-order valence-corrected chi connectivity index (χ2v) is 8.29. The van der Waals surface area contributed by atoms with Crippen molar-refractivity contribution in [2.24, 2.45) is 0 Å². The van der Waals surface area contributed by atoms with Gasteiger partial charge < -0.3 is 15.1 Å². The highest BCUT2D eigenvalue weighted by atomic mass is 32.1. The molecular formula is C20H19F6N3O5S. The number of aliphatic carboxylic acids is 2. The Morgan fingerprint density at radius 1 is 1.03 bits per heavy atom. The number of rotatable bonds is 3. The van der Waals surface area contributed by atoms with E-state index in [1.807, 2.05) is 17.0 Å². The minimum Gasteiger partial charge on any atom is -0.475 e. The standard InChI is InChI=1S/C16H17N3OS.2C2HF3O2/c20-16-9-15-14(19(16)12-3-1-6-17-10-12)5-7-18(15)11-13-4-2-8-21-13;2*3-2(4,5)1(6)7/h1-4,6,8,10,14-15H,5,7,9,11H2;2*(H,6,7). The number of anilines is 1. The first-order valence-electron chi connectivity index (χ1n) is 9.80. The van der Waals surface area contributed by atoms with Crippen LogP contribution in [0.4, 0.5) is 32.0 Å². The largest absolute Gasteiger partial charge is 0.490 e. The topological polar surface area (TPSA) is 111 Å². The van der Waals surface area contributed by atoms with E-state index < -0.39 is 24.3 Å². The summed E-state index contributed by atoms with van der Waals surface area (Å²) < 4.78 is 63.5. The summed E-state index contributed by atoms with van der Waals surface area (Å²) in [5.41, 5.74) is 0.938. The third-order valence-electron chi connectivity index (χ3n) is 4.96. The molecule has 2 N–H and O–H groups in total. The van der Waals surface area contributed by atoms with Gasteiger partial charge in [0.05, 0.1) is 17.9 Å². The van der Waals surface area contributed by atoms with Crippen molar-refractivity contribution in [1.29, 1.82) is 0 Å². The van der Waals surface area contributed by atoms with Crippen molar-refractivity contribution in [3.8, 4) is 0 Å². The lowest BCUT2D eigenvalue weighted by Crippen LogP contribution is -2.37. The van der Waals surface area contributed by atoms with Crippen LogP contribution in [0.15, 0.2) is 42.0 Å². The Labute approximate surface area is 198 Å². The van der Waals surface area contributed by atoms with E-state index in [1.165, 1.54) is 4.88 Å². The average Bonchev–Trinajstić information content (AvgIpc) is 3.47. The summed E-state index contributed by atoms with van der Waals surface area (Å²) in [6.45, 7) is 2.03. The highest BCUT2D eigenvalue weighted by molar-refractivity contribution is 7.09. The number of carbonyl (C=O) groups excluding carboxylic acids is 1. The van der Waals surface area contributed by atoms with Crippen molar-refractivity contribution in [3.63, 3.8) is 0 Å². The average molecular weight is 527 g/mol. The number of carbonyl (C=O) groups is 3. The molecule has 35 heavy (non-hydrogen) atoms. The SMILES string of the molecule is O=C(O)C(F)(F)F.O=C(O)C(F)(F)F.O=C1CC2C(CCN2Cc2cccs2)N1c1cccnc1. The van der Waals surface area contributed by atoms with Gasteiger partial charge in [-0.15, -0.1) is 11.3 Å². The molecule has 4 heterocycles. The Morgan fingerprint density at radius 3 is 2.09 bits per heavy atom. The molecule has 192 valence electrons. The maximum atomic E-state index is 12.4. The Morgan fingerprint density at radius 2 is 1.63 bits per heavy atom. The Hall–Kier alpha value is -3.20.